The smallest absolute Gasteiger partial charge is 0.0803 e. The molecule has 2 aromatic heterocycles. The molecule has 0 aliphatic carbocycles. The Kier molecular flexibility index (Phi) is 11.1. The van der Waals surface area contributed by atoms with E-state index in [9.17, 15) is 0 Å². The third kappa shape index (κ3) is 8.78. The monoisotopic (exact) mass is 753 g/mol. The van der Waals surface area contributed by atoms with E-state index in [0.29, 0.717) is 0 Å². The predicted octanol–water partition coefficient (Wildman–Crippen LogP) is 9.21. The van der Waals surface area contributed by atoms with Gasteiger partial charge in [-0.1, -0.05) is 105 Å². The minimum absolute atomic E-state index is 0. The van der Waals surface area contributed by atoms with Crippen molar-refractivity contribution >= 4 is 13.3 Å². The number of hydrogen-bond donors (Lipinski definition) is 0. The zero-order valence-electron chi connectivity index (χ0n) is 25.1. The fourth-order valence-corrected chi connectivity index (χ4v) is 6.32. The molecule has 0 unspecified atom stereocenters. The summed E-state index contributed by atoms with van der Waals surface area (Å²) in [6.07, 6.45) is 4.83. The van der Waals surface area contributed by atoms with Crippen molar-refractivity contribution in [1.82, 2.24) is 9.97 Å². The van der Waals surface area contributed by atoms with Gasteiger partial charge in [0.25, 0.3) is 0 Å². The molecule has 0 aliphatic heterocycles. The van der Waals surface area contributed by atoms with E-state index < -0.39 is 8.07 Å². The fourth-order valence-electron chi connectivity index (χ4n) is 4.84. The summed E-state index contributed by atoms with van der Waals surface area (Å²) in [4.78, 5) is 9.10. The van der Waals surface area contributed by atoms with Crippen LogP contribution in [0.2, 0.25) is 19.6 Å². The van der Waals surface area contributed by atoms with Crippen LogP contribution in [-0.2, 0) is 26.5 Å². The van der Waals surface area contributed by atoms with Crippen LogP contribution in [0.3, 0.4) is 0 Å². The first-order valence-electron chi connectivity index (χ1n) is 14.4. The van der Waals surface area contributed by atoms with Crippen LogP contribution in [0.1, 0.15) is 16.7 Å². The van der Waals surface area contributed by atoms with Gasteiger partial charge in [0.15, 0.2) is 0 Å². The molecule has 217 valence electrons. The quantitative estimate of drug-likeness (QED) is 0.125. The SMILES string of the molecule is Cc1c[c-]c(-c2cc(-c3ccccc3)c([Si](C)(C)C)cn2)cc1.[Ir].[c-]1ccc(Cc2ccccc2)cc1-c1ccccn1. The van der Waals surface area contributed by atoms with Crippen molar-refractivity contribution in [2.45, 2.75) is 33.0 Å². The van der Waals surface area contributed by atoms with Crippen LogP contribution in [0, 0.1) is 19.1 Å². The van der Waals surface area contributed by atoms with Crippen molar-refractivity contribution in [1.29, 1.82) is 0 Å². The third-order valence-electron chi connectivity index (χ3n) is 7.10. The van der Waals surface area contributed by atoms with Crippen LogP contribution in [0.15, 0.2) is 134 Å². The molecule has 43 heavy (non-hydrogen) atoms. The molecule has 6 rings (SSSR count). The minimum atomic E-state index is -1.47. The molecule has 4 aromatic carbocycles. The molecule has 0 saturated heterocycles. The van der Waals surface area contributed by atoms with Crippen molar-refractivity contribution in [2.75, 3.05) is 0 Å². The zero-order valence-corrected chi connectivity index (χ0v) is 28.5. The summed E-state index contributed by atoms with van der Waals surface area (Å²) in [6.45, 7) is 9.19. The van der Waals surface area contributed by atoms with E-state index in [0.717, 1.165) is 28.9 Å². The van der Waals surface area contributed by atoms with E-state index in [-0.39, 0.29) is 20.1 Å². The average molecular weight is 753 g/mol. The Labute approximate surface area is 271 Å². The molecule has 0 spiro atoms. The largest absolute Gasteiger partial charge is 0.305 e. The van der Waals surface area contributed by atoms with Crippen LogP contribution in [0.25, 0.3) is 33.6 Å². The first kappa shape index (κ1) is 32.0. The number of hydrogen-bond acceptors (Lipinski definition) is 2. The molecule has 2 heterocycles. The molecular formula is C39H36IrN2Si-2. The van der Waals surface area contributed by atoms with Crippen molar-refractivity contribution in [3.8, 4) is 33.6 Å². The number of rotatable bonds is 6. The van der Waals surface area contributed by atoms with Gasteiger partial charge in [-0.05, 0) is 45.8 Å². The summed E-state index contributed by atoms with van der Waals surface area (Å²) in [5.74, 6) is 0. The van der Waals surface area contributed by atoms with Crippen LogP contribution in [-0.4, -0.2) is 18.0 Å². The average Bonchev–Trinajstić information content (AvgIpc) is 3.02. The molecule has 0 fully saturated rings. The topological polar surface area (TPSA) is 25.8 Å². The van der Waals surface area contributed by atoms with Gasteiger partial charge in [0.05, 0.1) is 8.07 Å². The Morgan fingerprint density at radius 3 is 2.02 bits per heavy atom. The van der Waals surface area contributed by atoms with Gasteiger partial charge in [0.2, 0.25) is 0 Å². The second kappa shape index (κ2) is 15.0. The maximum absolute atomic E-state index is 4.73. The van der Waals surface area contributed by atoms with Gasteiger partial charge >= 0.3 is 0 Å². The van der Waals surface area contributed by atoms with E-state index in [2.05, 4.69) is 135 Å². The first-order chi connectivity index (χ1) is 20.4. The molecule has 0 aliphatic rings. The van der Waals surface area contributed by atoms with Crippen LogP contribution >= 0.6 is 0 Å². The van der Waals surface area contributed by atoms with Gasteiger partial charge in [0.1, 0.15) is 0 Å². The molecule has 1 radical (unpaired) electrons. The molecular weight excluding hydrogens is 717 g/mol. The molecule has 2 nitrogen and oxygen atoms in total. The van der Waals surface area contributed by atoms with E-state index in [1.165, 1.54) is 33.0 Å². The van der Waals surface area contributed by atoms with Crippen molar-refractivity contribution in [2.24, 2.45) is 0 Å². The minimum Gasteiger partial charge on any atom is -0.305 e. The van der Waals surface area contributed by atoms with Gasteiger partial charge in [0, 0.05) is 32.5 Å². The third-order valence-corrected chi connectivity index (χ3v) is 9.11. The Morgan fingerprint density at radius 2 is 1.37 bits per heavy atom. The van der Waals surface area contributed by atoms with Gasteiger partial charge in [-0.2, -0.15) is 0 Å². The molecule has 0 amide bonds. The second-order valence-electron chi connectivity index (χ2n) is 11.5. The maximum Gasteiger partial charge on any atom is 0.0803 e. The zero-order chi connectivity index (χ0) is 29.4. The Bertz CT molecular complexity index is 1710. The number of aryl methyl sites for hydroxylation is 1. The Hall–Kier alpha value is -3.95. The van der Waals surface area contributed by atoms with Crippen LogP contribution in [0.5, 0.6) is 0 Å². The predicted molar refractivity (Wildman–Crippen MR) is 179 cm³/mol. The summed E-state index contributed by atoms with van der Waals surface area (Å²) < 4.78 is 0. The number of nitrogens with zero attached hydrogens (tertiary/aromatic N) is 2. The van der Waals surface area contributed by atoms with Crippen LogP contribution in [0.4, 0.5) is 0 Å². The summed E-state index contributed by atoms with van der Waals surface area (Å²) in [5, 5.41) is 1.40. The van der Waals surface area contributed by atoms with Gasteiger partial charge in [-0.3, -0.25) is 0 Å². The van der Waals surface area contributed by atoms with E-state index in [1.54, 1.807) is 0 Å². The van der Waals surface area contributed by atoms with E-state index >= 15 is 0 Å². The summed E-state index contributed by atoms with van der Waals surface area (Å²) in [5.41, 5.74) is 10.5. The van der Waals surface area contributed by atoms with Crippen molar-refractivity contribution < 1.29 is 20.1 Å². The normalized spacial score (nSPS) is 10.7. The molecule has 0 N–H and O–H groups in total. The number of pyridine rings is 2. The van der Waals surface area contributed by atoms with Gasteiger partial charge in [-0.15, -0.1) is 70.8 Å². The van der Waals surface area contributed by atoms with Crippen molar-refractivity contribution in [3.05, 3.63) is 163 Å². The van der Waals surface area contributed by atoms with E-state index in [1.807, 2.05) is 42.6 Å². The molecule has 0 saturated carbocycles. The Balaban J connectivity index is 0.000000195. The molecule has 0 bridgehead atoms. The van der Waals surface area contributed by atoms with Crippen LogP contribution < -0.4 is 5.19 Å². The first-order valence-corrected chi connectivity index (χ1v) is 17.9. The van der Waals surface area contributed by atoms with E-state index in [4.69, 9.17) is 4.98 Å². The molecule has 6 aromatic rings. The number of benzene rings is 4. The summed E-state index contributed by atoms with van der Waals surface area (Å²) >= 11 is 0. The standard InChI is InChI=1S/C21H22NSi.C18H14N.Ir/c1-16-10-12-18(13-11-16)20-14-19(17-8-6-5-7-9-17)21(15-22-20)23(2,3)4;1-2-7-15(8-3-1)13-16-9-6-10-17(14-16)18-11-4-5-12-19-18;/h5-12,14-15H,1-4H3;1-9,11-12,14H,13H2;/q2*-1;. The summed E-state index contributed by atoms with van der Waals surface area (Å²) in [6, 6.07) is 48.3. The molecule has 4 heteroatoms. The number of aromatic nitrogens is 2. The molecule has 0 atom stereocenters. The summed E-state index contributed by atoms with van der Waals surface area (Å²) in [7, 11) is -1.47. The fraction of sp³-hybridized carbons (Fsp3) is 0.128. The van der Waals surface area contributed by atoms with Gasteiger partial charge < -0.3 is 9.97 Å². The maximum atomic E-state index is 4.73. The van der Waals surface area contributed by atoms with Crippen molar-refractivity contribution in [3.63, 3.8) is 0 Å². The second-order valence-corrected chi connectivity index (χ2v) is 16.5. The Morgan fingerprint density at radius 1 is 0.651 bits per heavy atom. The van der Waals surface area contributed by atoms with Gasteiger partial charge in [-0.25, -0.2) is 0 Å².